The Hall–Kier alpha value is -0.0186. The molecule has 0 saturated carbocycles. The summed E-state index contributed by atoms with van der Waals surface area (Å²) in [5, 5.41) is 27.9. The first-order valence-electron chi connectivity index (χ1n) is 2.00. The van der Waals surface area contributed by atoms with Crippen molar-refractivity contribution in [1.82, 2.24) is 0 Å². The zero-order valence-corrected chi connectivity index (χ0v) is 11.7. The summed E-state index contributed by atoms with van der Waals surface area (Å²) in [4.78, 5) is 17.1. The van der Waals surface area contributed by atoms with Crippen molar-refractivity contribution in [2.45, 2.75) is 0 Å². The molecule has 12 heteroatoms. The van der Waals surface area contributed by atoms with E-state index in [4.69, 9.17) is 47.5 Å². The molecule has 0 amide bonds. The molecule has 0 aromatic carbocycles. The largest absolute Gasteiger partial charge is 2.00 e. The quantitative estimate of drug-likeness (QED) is 0.245. The second-order valence-corrected chi connectivity index (χ2v) is 1.91. The van der Waals surface area contributed by atoms with Crippen LogP contribution in [0.4, 0.5) is 9.59 Å². The van der Waals surface area contributed by atoms with Crippen LogP contribution in [0.25, 0.3) is 0 Å². The molecular formula is C2H8BaO10S. The van der Waals surface area contributed by atoms with Crippen LogP contribution in [0.5, 0.6) is 0 Å². The van der Waals surface area contributed by atoms with E-state index in [-0.39, 0.29) is 51.7 Å². The van der Waals surface area contributed by atoms with Crippen LogP contribution in [0.3, 0.4) is 0 Å². The predicted molar refractivity (Wildman–Crippen MR) is 43.5 cm³/mol. The Bertz CT molecular complexity index is 222. The molecule has 0 spiro atoms. The molecule has 0 fully saturated rings. The smallest absolute Gasteiger partial charge is 1.00 e. The number of hydrogen-bond donors (Lipinski definition) is 6. The van der Waals surface area contributed by atoms with E-state index < -0.39 is 22.7 Å². The summed E-state index contributed by atoms with van der Waals surface area (Å²) < 4.78 is 31.6. The van der Waals surface area contributed by atoms with Gasteiger partial charge in [-0.1, -0.05) is 0 Å². The van der Waals surface area contributed by atoms with E-state index in [1.54, 1.807) is 0 Å². The van der Waals surface area contributed by atoms with Crippen LogP contribution in [0.15, 0.2) is 0 Å². The summed E-state index contributed by atoms with van der Waals surface area (Å²) in [5.41, 5.74) is 0. The van der Waals surface area contributed by atoms with Crippen molar-refractivity contribution in [3.63, 3.8) is 0 Å². The molecule has 84 valence electrons. The number of carbonyl (C=O) groups is 2. The molecule has 0 aliphatic rings. The Morgan fingerprint density at radius 1 is 0.857 bits per heavy atom. The van der Waals surface area contributed by atoms with Crippen molar-refractivity contribution in [1.29, 1.82) is 0 Å². The molecule has 0 aromatic heterocycles. The molecule has 0 radical (unpaired) electrons. The van der Waals surface area contributed by atoms with Crippen molar-refractivity contribution < 1.29 is 50.4 Å². The van der Waals surface area contributed by atoms with Crippen LogP contribution in [0.1, 0.15) is 2.85 Å². The van der Waals surface area contributed by atoms with Crippen LogP contribution in [0, 0.1) is 0 Å². The fourth-order valence-electron chi connectivity index (χ4n) is 0. The fraction of sp³-hybridized carbons (Fsp3) is 0. The summed E-state index contributed by atoms with van der Waals surface area (Å²) >= 11 is 0. The molecule has 6 N–H and O–H groups in total. The second-order valence-electron chi connectivity index (χ2n) is 1.01. The molecule has 0 unspecified atom stereocenters. The molecule has 0 aliphatic heterocycles. The second kappa shape index (κ2) is 13.0. The van der Waals surface area contributed by atoms with E-state index in [1.807, 2.05) is 0 Å². The van der Waals surface area contributed by atoms with Gasteiger partial charge in [-0.25, -0.2) is 9.59 Å². The minimum atomic E-state index is -4.67. The third-order valence-electron chi connectivity index (χ3n) is 0. The van der Waals surface area contributed by atoms with Gasteiger partial charge in [0, 0.05) is 0 Å². The summed E-state index contributed by atoms with van der Waals surface area (Å²) in [6, 6.07) is 0. The van der Waals surface area contributed by atoms with Gasteiger partial charge in [-0.2, -0.15) is 8.42 Å². The first-order chi connectivity index (χ1) is 5.46. The van der Waals surface area contributed by atoms with E-state index >= 15 is 0 Å². The fourth-order valence-corrected chi connectivity index (χ4v) is 0. The van der Waals surface area contributed by atoms with Crippen LogP contribution >= 0.6 is 0 Å². The average molecular weight is 361 g/mol. The molecule has 0 aromatic rings. The molecule has 0 bridgehead atoms. The maximum Gasteiger partial charge on any atom is 2.00 e. The third kappa shape index (κ3) is 4190000. The molecule has 0 aliphatic carbocycles. The third-order valence-corrected chi connectivity index (χ3v) is 0. The summed E-state index contributed by atoms with van der Waals surface area (Å²) in [6.07, 6.45) is -3.67. The number of hydrogen-bond acceptors (Lipinski definition) is 4. The molecule has 0 saturated heterocycles. The van der Waals surface area contributed by atoms with Crippen LogP contribution in [-0.4, -0.2) is 99.1 Å². The van der Waals surface area contributed by atoms with E-state index in [0.717, 1.165) is 0 Å². The van der Waals surface area contributed by atoms with E-state index in [1.165, 1.54) is 0 Å². The molecule has 0 atom stereocenters. The Morgan fingerprint density at radius 3 is 0.857 bits per heavy atom. The Kier molecular flexibility index (Phi) is 21.9. The van der Waals surface area contributed by atoms with Gasteiger partial charge >= 0.3 is 71.6 Å². The van der Waals surface area contributed by atoms with Gasteiger partial charge in [0.15, 0.2) is 0 Å². The Balaban J connectivity index is -0.0000000216. The van der Waals surface area contributed by atoms with Gasteiger partial charge < -0.3 is 23.3 Å². The van der Waals surface area contributed by atoms with E-state index in [2.05, 4.69) is 0 Å². The van der Waals surface area contributed by atoms with Crippen molar-refractivity contribution in [3.8, 4) is 0 Å². The average Bonchev–Trinajstić information content (AvgIpc) is 1.50. The zero-order chi connectivity index (χ0) is 11.7. The minimum Gasteiger partial charge on any atom is -1.00 e. The zero-order valence-electron chi connectivity index (χ0n) is 8.43. The maximum atomic E-state index is 8.74. The normalized spacial score (nSPS) is 7.57. The first-order valence-corrected chi connectivity index (χ1v) is 3.40. The monoisotopic (exact) mass is 362 g/mol. The molecule has 10 nitrogen and oxygen atoms in total. The minimum absolute atomic E-state index is 0. The van der Waals surface area contributed by atoms with E-state index in [9.17, 15) is 0 Å². The first kappa shape index (κ1) is 23.6. The number of rotatable bonds is 0. The van der Waals surface area contributed by atoms with Gasteiger partial charge in [0.1, 0.15) is 0 Å². The number of carboxylic acid groups (broad SMARTS) is 4. The molecule has 14 heavy (non-hydrogen) atoms. The van der Waals surface area contributed by atoms with Crippen molar-refractivity contribution in [2.24, 2.45) is 0 Å². The standard InChI is InChI=1S/2CH2O3.Ba.H2O4S.2H/c2*2-1(3)4;;1-5(2,3)4;;/h2*(H2,2,3,4);;(H2,1,2,3,4);;/q;;+2;;2*-1. The summed E-state index contributed by atoms with van der Waals surface area (Å²) in [6.45, 7) is 0. The van der Waals surface area contributed by atoms with E-state index in [0.29, 0.717) is 0 Å². The Labute approximate surface area is 121 Å². The van der Waals surface area contributed by atoms with Gasteiger partial charge in [-0.05, 0) is 0 Å². The predicted octanol–water partition coefficient (Wildman–Crippen LogP) is -0.364. The van der Waals surface area contributed by atoms with Gasteiger partial charge in [-0.15, -0.1) is 0 Å². The van der Waals surface area contributed by atoms with Crippen LogP contribution < -0.4 is 0 Å². The van der Waals surface area contributed by atoms with Crippen molar-refractivity contribution in [3.05, 3.63) is 0 Å². The van der Waals surface area contributed by atoms with Crippen LogP contribution in [-0.2, 0) is 10.4 Å². The maximum absolute atomic E-state index is 8.74. The summed E-state index contributed by atoms with van der Waals surface area (Å²) in [5.74, 6) is 0. The van der Waals surface area contributed by atoms with Crippen molar-refractivity contribution >= 4 is 71.6 Å². The van der Waals surface area contributed by atoms with Gasteiger partial charge in [-0.3, -0.25) is 9.11 Å². The SMILES string of the molecule is O=C(O)O.O=C(O)O.O=S(=O)(O)O.[Ba+2].[H-].[H-]. The van der Waals surface area contributed by atoms with Gasteiger partial charge in [0.2, 0.25) is 0 Å². The summed E-state index contributed by atoms with van der Waals surface area (Å²) in [7, 11) is -4.67. The topological polar surface area (TPSA) is 190 Å². The molecule has 0 rings (SSSR count). The molecule has 0 heterocycles. The van der Waals surface area contributed by atoms with Crippen LogP contribution in [0.2, 0.25) is 0 Å². The van der Waals surface area contributed by atoms with Gasteiger partial charge in [0.25, 0.3) is 0 Å². The Morgan fingerprint density at radius 2 is 0.857 bits per heavy atom. The van der Waals surface area contributed by atoms with Gasteiger partial charge in [0.05, 0.1) is 0 Å². The molecular weight excluding hydrogens is 353 g/mol. The van der Waals surface area contributed by atoms with Crippen molar-refractivity contribution in [2.75, 3.05) is 0 Å².